The number of methoxy groups -OCH3 is 1. The van der Waals surface area contributed by atoms with Crippen molar-refractivity contribution in [2.75, 3.05) is 13.4 Å². The largest absolute Gasteiger partial charge is 0.469 e. The van der Waals surface area contributed by atoms with Gasteiger partial charge in [0.2, 0.25) is 5.91 Å². The second-order valence-corrected chi connectivity index (χ2v) is 6.05. The van der Waals surface area contributed by atoms with E-state index in [0.29, 0.717) is 5.25 Å². The Morgan fingerprint density at radius 3 is 2.78 bits per heavy atom. The Hall–Kier alpha value is -0.710. The molecule has 0 bridgehead atoms. The Kier molecular flexibility index (Phi) is 6.54. The van der Waals surface area contributed by atoms with Gasteiger partial charge in [0.15, 0.2) is 0 Å². The summed E-state index contributed by atoms with van der Waals surface area (Å²) in [5, 5.41) is 3.71. The van der Waals surface area contributed by atoms with E-state index >= 15 is 0 Å². The number of carbonyl (C=O) groups is 2. The van der Waals surface area contributed by atoms with Crippen molar-refractivity contribution in [1.29, 1.82) is 0 Å². The smallest absolute Gasteiger partial charge is 0.306 e. The minimum Gasteiger partial charge on any atom is -0.469 e. The molecule has 1 aliphatic rings. The highest BCUT2D eigenvalue weighted by Crippen LogP contribution is 2.27. The number of hydrogen-bond donors (Lipinski definition) is 1. The van der Waals surface area contributed by atoms with Gasteiger partial charge in [0.1, 0.15) is 0 Å². The van der Waals surface area contributed by atoms with E-state index in [-0.39, 0.29) is 30.3 Å². The van der Waals surface area contributed by atoms with Crippen molar-refractivity contribution in [1.82, 2.24) is 5.32 Å². The molecule has 5 heteroatoms. The first kappa shape index (κ1) is 15.3. The molecule has 0 heterocycles. The number of hydrogen-bond acceptors (Lipinski definition) is 4. The molecule has 0 aromatic heterocycles. The predicted octanol–water partition coefficient (Wildman–Crippen LogP) is 1.98. The summed E-state index contributed by atoms with van der Waals surface area (Å²) in [5.74, 6) is -0.678. The maximum Gasteiger partial charge on any atom is 0.306 e. The minimum absolute atomic E-state index is 0.0350. The lowest BCUT2D eigenvalue weighted by Crippen LogP contribution is -2.42. The van der Waals surface area contributed by atoms with Crippen LogP contribution in [0.15, 0.2) is 0 Å². The highest BCUT2D eigenvalue weighted by molar-refractivity contribution is 7.99. The molecule has 1 amide bonds. The number of carbonyl (C=O) groups excluding carboxylic acids is 2. The molecule has 104 valence electrons. The molecule has 1 rings (SSSR count). The van der Waals surface area contributed by atoms with Gasteiger partial charge in [0.05, 0.1) is 13.5 Å². The number of nitrogens with one attached hydrogen (secondary N) is 1. The number of amides is 1. The lowest BCUT2D eigenvalue weighted by molar-refractivity contribution is -0.144. The number of rotatable bonds is 5. The Bertz CT molecular complexity index is 296. The maximum atomic E-state index is 11.9. The third kappa shape index (κ3) is 4.88. The average Bonchev–Trinajstić information content (AvgIpc) is 2.38. The monoisotopic (exact) mass is 273 g/mol. The van der Waals surface area contributed by atoms with E-state index in [1.165, 1.54) is 20.0 Å². The molecule has 18 heavy (non-hydrogen) atoms. The molecule has 1 saturated carbocycles. The van der Waals surface area contributed by atoms with E-state index in [2.05, 4.69) is 16.3 Å². The Balaban J connectivity index is 2.36. The molecular formula is C13H23NO3S. The zero-order chi connectivity index (χ0) is 13.5. The molecule has 4 nitrogen and oxygen atoms in total. The van der Waals surface area contributed by atoms with Crippen LogP contribution in [0.2, 0.25) is 0 Å². The molecule has 1 fully saturated rings. The zero-order valence-electron chi connectivity index (χ0n) is 11.4. The fourth-order valence-corrected chi connectivity index (χ4v) is 3.09. The quantitative estimate of drug-likeness (QED) is 0.778. The second kappa shape index (κ2) is 7.67. The molecule has 1 N–H and O–H groups in total. The Morgan fingerprint density at radius 2 is 2.17 bits per heavy atom. The fraction of sp³-hybridized carbons (Fsp3) is 0.846. The molecule has 3 atom stereocenters. The third-order valence-corrected chi connectivity index (χ3v) is 4.55. The van der Waals surface area contributed by atoms with Crippen LogP contribution in [-0.2, 0) is 14.3 Å². The summed E-state index contributed by atoms with van der Waals surface area (Å²) in [4.78, 5) is 23.0. The highest BCUT2D eigenvalue weighted by Gasteiger charge is 2.25. The summed E-state index contributed by atoms with van der Waals surface area (Å²) < 4.78 is 4.57. The van der Waals surface area contributed by atoms with Crippen LogP contribution in [0.3, 0.4) is 0 Å². The molecular weight excluding hydrogens is 250 g/mol. The van der Waals surface area contributed by atoms with Gasteiger partial charge in [-0.3, -0.25) is 9.59 Å². The molecule has 0 aromatic carbocycles. The summed E-state index contributed by atoms with van der Waals surface area (Å²) in [6, 6.07) is 0.267. The van der Waals surface area contributed by atoms with Gasteiger partial charge in [-0.05, 0) is 25.5 Å². The van der Waals surface area contributed by atoms with Crippen LogP contribution in [0.5, 0.6) is 0 Å². The van der Waals surface area contributed by atoms with Crippen molar-refractivity contribution in [3.05, 3.63) is 0 Å². The van der Waals surface area contributed by atoms with E-state index in [1.807, 2.05) is 11.8 Å². The van der Waals surface area contributed by atoms with Crippen molar-refractivity contribution < 1.29 is 14.3 Å². The maximum absolute atomic E-state index is 11.9. The Labute approximate surface area is 113 Å². The number of esters is 1. The van der Waals surface area contributed by atoms with Gasteiger partial charge in [-0.15, -0.1) is 0 Å². The van der Waals surface area contributed by atoms with Crippen molar-refractivity contribution in [2.24, 2.45) is 5.92 Å². The van der Waals surface area contributed by atoms with Crippen LogP contribution < -0.4 is 5.32 Å². The van der Waals surface area contributed by atoms with E-state index in [9.17, 15) is 9.59 Å². The normalized spacial score (nSPS) is 25.3. The van der Waals surface area contributed by atoms with Gasteiger partial charge in [0, 0.05) is 17.2 Å². The lowest BCUT2D eigenvalue weighted by Gasteiger charge is -2.29. The Morgan fingerprint density at radius 1 is 1.44 bits per heavy atom. The van der Waals surface area contributed by atoms with Crippen molar-refractivity contribution in [2.45, 2.75) is 50.3 Å². The van der Waals surface area contributed by atoms with Crippen LogP contribution in [0.4, 0.5) is 0 Å². The van der Waals surface area contributed by atoms with Crippen LogP contribution in [-0.4, -0.2) is 36.5 Å². The van der Waals surface area contributed by atoms with Gasteiger partial charge >= 0.3 is 5.97 Å². The molecule has 0 radical (unpaired) electrons. The molecule has 0 unspecified atom stereocenters. The lowest BCUT2D eigenvalue weighted by atomic mass is 9.94. The van der Waals surface area contributed by atoms with Crippen LogP contribution in [0.1, 0.15) is 39.0 Å². The second-order valence-electron chi connectivity index (χ2n) is 4.91. The molecule has 0 aliphatic heterocycles. The zero-order valence-corrected chi connectivity index (χ0v) is 12.2. The van der Waals surface area contributed by atoms with Gasteiger partial charge in [-0.2, -0.15) is 11.8 Å². The van der Waals surface area contributed by atoms with Crippen molar-refractivity contribution in [3.63, 3.8) is 0 Å². The van der Waals surface area contributed by atoms with Crippen molar-refractivity contribution >= 4 is 23.6 Å². The first-order chi connectivity index (χ1) is 8.56. The number of thioether (sulfide) groups is 1. The van der Waals surface area contributed by atoms with Crippen LogP contribution >= 0.6 is 11.8 Å². The third-order valence-electron chi connectivity index (χ3n) is 3.45. The van der Waals surface area contributed by atoms with Gasteiger partial charge < -0.3 is 10.1 Å². The highest BCUT2D eigenvalue weighted by atomic mass is 32.2. The SMILES string of the molecule is COC(=O)C[C@H](C)C(=O)N[C@H]1CCC[C@H](SC)C1. The predicted molar refractivity (Wildman–Crippen MR) is 73.5 cm³/mol. The molecule has 0 saturated heterocycles. The molecule has 0 aromatic rings. The van der Waals surface area contributed by atoms with Gasteiger partial charge in [-0.25, -0.2) is 0 Å². The van der Waals surface area contributed by atoms with Crippen molar-refractivity contribution in [3.8, 4) is 0 Å². The first-order valence-corrected chi connectivity index (χ1v) is 7.75. The van der Waals surface area contributed by atoms with Gasteiger partial charge in [-0.1, -0.05) is 13.3 Å². The van der Waals surface area contributed by atoms with Crippen LogP contribution in [0.25, 0.3) is 0 Å². The molecule has 0 spiro atoms. The summed E-state index contributed by atoms with van der Waals surface area (Å²) in [6.07, 6.45) is 6.77. The first-order valence-electron chi connectivity index (χ1n) is 6.46. The minimum atomic E-state index is -0.330. The standard InChI is InChI=1S/C13H23NO3S/c1-9(7-12(15)17-2)13(16)14-10-5-4-6-11(8-10)18-3/h9-11H,4-8H2,1-3H3,(H,14,16)/t9-,10-,11-/m0/s1. The summed E-state index contributed by atoms with van der Waals surface area (Å²) in [5.41, 5.74) is 0. The summed E-state index contributed by atoms with van der Waals surface area (Å²) in [7, 11) is 1.34. The van der Waals surface area contributed by atoms with E-state index in [0.717, 1.165) is 12.8 Å². The summed E-state index contributed by atoms with van der Waals surface area (Å²) in [6.45, 7) is 1.77. The summed E-state index contributed by atoms with van der Waals surface area (Å²) >= 11 is 1.87. The van der Waals surface area contributed by atoms with E-state index in [4.69, 9.17) is 0 Å². The van der Waals surface area contributed by atoms with E-state index in [1.54, 1.807) is 6.92 Å². The molecule has 1 aliphatic carbocycles. The average molecular weight is 273 g/mol. The van der Waals surface area contributed by atoms with Crippen LogP contribution in [0, 0.1) is 5.92 Å². The topological polar surface area (TPSA) is 55.4 Å². The van der Waals surface area contributed by atoms with Gasteiger partial charge in [0.25, 0.3) is 0 Å². The van der Waals surface area contributed by atoms with E-state index < -0.39 is 0 Å². The number of ether oxygens (including phenoxy) is 1. The fourth-order valence-electron chi connectivity index (χ4n) is 2.26.